The minimum atomic E-state index is 0.120. The van der Waals surface area contributed by atoms with Gasteiger partial charge >= 0.3 is 0 Å². The van der Waals surface area contributed by atoms with E-state index in [9.17, 15) is 0 Å². The lowest BCUT2D eigenvalue weighted by atomic mass is 10.1. The zero-order valence-corrected chi connectivity index (χ0v) is 16.5. The van der Waals surface area contributed by atoms with Crippen molar-refractivity contribution in [2.24, 2.45) is 5.73 Å². The zero-order valence-electron chi connectivity index (χ0n) is 15.7. The molecule has 3 aromatic heterocycles. The third-order valence-corrected chi connectivity index (χ3v) is 5.25. The number of fused-ring (bicyclic) bond motifs is 1. The molecule has 0 atom stereocenters. The van der Waals surface area contributed by atoms with Crippen molar-refractivity contribution >= 4 is 34.1 Å². The highest BCUT2D eigenvalue weighted by Crippen LogP contribution is 2.34. The highest BCUT2D eigenvalue weighted by atomic mass is 35.5. The molecule has 1 aliphatic heterocycles. The number of benzene rings is 1. The van der Waals surface area contributed by atoms with Crippen molar-refractivity contribution in [1.29, 1.82) is 0 Å². The number of nitrogens with zero attached hydrogens (tertiary/aromatic N) is 6. The number of halogens is 1. The van der Waals surface area contributed by atoms with Gasteiger partial charge in [0.1, 0.15) is 5.69 Å². The first-order valence-electron chi connectivity index (χ1n) is 9.25. The number of rotatable bonds is 3. The fraction of sp³-hybridized carbons (Fsp3) is 0.200. The SMILES string of the molecule is Cc1ccn(-c2nc(N)c(N3CC(N)C3)nc2-c2cc(Cl)c3ncccc3c2)n1. The maximum atomic E-state index is 6.52. The number of pyridine rings is 1. The highest BCUT2D eigenvalue weighted by Gasteiger charge is 2.28. The van der Waals surface area contributed by atoms with Gasteiger partial charge in [0, 0.05) is 42.5 Å². The standard InChI is InChI=1S/C20H19ClN8/c1-11-4-6-29(27-11)19-17(25-20(18(23)26-19)28-9-14(22)10-28)13-7-12-3-2-5-24-16(12)15(21)8-13/h2-8,14H,9-10,22H2,1H3,(H2,23,26). The summed E-state index contributed by atoms with van der Waals surface area (Å²) in [7, 11) is 0. The first-order chi connectivity index (χ1) is 14.0. The maximum absolute atomic E-state index is 6.52. The van der Waals surface area contributed by atoms with Crippen molar-refractivity contribution < 1.29 is 0 Å². The van der Waals surface area contributed by atoms with E-state index in [1.807, 2.05) is 48.4 Å². The van der Waals surface area contributed by atoms with Crippen molar-refractivity contribution in [3.63, 3.8) is 0 Å². The Hall–Kier alpha value is -3.23. The molecule has 29 heavy (non-hydrogen) atoms. The summed E-state index contributed by atoms with van der Waals surface area (Å²) in [5, 5.41) is 5.96. The summed E-state index contributed by atoms with van der Waals surface area (Å²) in [6.07, 6.45) is 3.56. The lowest BCUT2D eigenvalue weighted by molar-refractivity contribution is 0.514. The monoisotopic (exact) mass is 406 g/mol. The summed E-state index contributed by atoms with van der Waals surface area (Å²) in [6.45, 7) is 3.31. The molecule has 1 fully saturated rings. The predicted octanol–water partition coefficient (Wildman–Crippen LogP) is 2.57. The fourth-order valence-corrected chi connectivity index (χ4v) is 3.79. The number of anilines is 2. The molecule has 0 saturated carbocycles. The van der Waals surface area contributed by atoms with Crippen LogP contribution in [0.15, 0.2) is 42.7 Å². The molecule has 4 aromatic rings. The second kappa shape index (κ2) is 6.68. The minimum absolute atomic E-state index is 0.120. The Labute approximate surface area is 172 Å². The molecule has 1 aliphatic rings. The number of nitrogens with two attached hydrogens (primary N) is 2. The van der Waals surface area contributed by atoms with Gasteiger partial charge in [-0.1, -0.05) is 17.7 Å². The van der Waals surface area contributed by atoms with E-state index in [-0.39, 0.29) is 6.04 Å². The molecule has 4 N–H and O–H groups in total. The second-order valence-corrected chi connectivity index (χ2v) is 7.61. The van der Waals surface area contributed by atoms with E-state index < -0.39 is 0 Å². The molecule has 0 bridgehead atoms. The van der Waals surface area contributed by atoms with Crippen molar-refractivity contribution in [3.8, 4) is 17.1 Å². The third-order valence-electron chi connectivity index (χ3n) is 4.97. The summed E-state index contributed by atoms with van der Waals surface area (Å²) in [5.41, 5.74) is 15.3. The maximum Gasteiger partial charge on any atom is 0.182 e. The quantitative estimate of drug-likeness (QED) is 0.537. The summed E-state index contributed by atoms with van der Waals surface area (Å²) < 4.78 is 1.68. The number of aryl methyl sites for hydroxylation is 1. The molecule has 5 rings (SSSR count). The largest absolute Gasteiger partial charge is 0.381 e. The van der Waals surface area contributed by atoms with Crippen molar-refractivity contribution in [2.75, 3.05) is 23.7 Å². The number of hydrogen-bond acceptors (Lipinski definition) is 7. The predicted molar refractivity (Wildman–Crippen MR) is 114 cm³/mol. The minimum Gasteiger partial charge on any atom is -0.381 e. The number of hydrogen-bond donors (Lipinski definition) is 2. The Balaban J connectivity index is 1.74. The average molecular weight is 407 g/mol. The lowest BCUT2D eigenvalue weighted by Gasteiger charge is -2.38. The number of aromatic nitrogens is 5. The smallest absolute Gasteiger partial charge is 0.182 e. The van der Waals surface area contributed by atoms with Gasteiger partial charge in [-0.2, -0.15) is 5.10 Å². The molecule has 146 valence electrons. The fourth-order valence-electron chi connectivity index (χ4n) is 3.52. The van der Waals surface area contributed by atoms with Crippen LogP contribution in [0.2, 0.25) is 5.02 Å². The van der Waals surface area contributed by atoms with Crippen LogP contribution in [-0.2, 0) is 0 Å². The summed E-state index contributed by atoms with van der Waals surface area (Å²) in [5.74, 6) is 1.51. The highest BCUT2D eigenvalue weighted by molar-refractivity contribution is 6.35. The van der Waals surface area contributed by atoms with Crippen molar-refractivity contribution in [2.45, 2.75) is 13.0 Å². The van der Waals surface area contributed by atoms with Crippen LogP contribution in [0.5, 0.6) is 0 Å². The van der Waals surface area contributed by atoms with Crippen LogP contribution in [0, 0.1) is 6.92 Å². The molecule has 1 aromatic carbocycles. The molecule has 0 unspecified atom stereocenters. The van der Waals surface area contributed by atoms with E-state index in [2.05, 4.69) is 15.1 Å². The van der Waals surface area contributed by atoms with Gasteiger partial charge in [0.2, 0.25) is 0 Å². The molecular weight excluding hydrogens is 388 g/mol. The van der Waals surface area contributed by atoms with Crippen LogP contribution in [0.3, 0.4) is 0 Å². The first kappa shape index (κ1) is 17.8. The van der Waals surface area contributed by atoms with Crippen molar-refractivity contribution in [3.05, 3.63) is 53.4 Å². The van der Waals surface area contributed by atoms with Gasteiger partial charge in [0.05, 0.1) is 16.2 Å². The number of nitrogen functional groups attached to an aromatic ring is 1. The van der Waals surface area contributed by atoms with Gasteiger partial charge in [-0.05, 0) is 31.2 Å². The molecule has 0 aliphatic carbocycles. The Bertz CT molecular complexity index is 1230. The Kier molecular flexibility index (Phi) is 4.11. The average Bonchev–Trinajstić information content (AvgIpc) is 3.12. The summed E-state index contributed by atoms with van der Waals surface area (Å²) in [4.78, 5) is 15.9. The molecule has 9 heteroatoms. The lowest BCUT2D eigenvalue weighted by Crippen LogP contribution is -2.56. The Morgan fingerprint density at radius 2 is 1.97 bits per heavy atom. The molecule has 0 amide bonds. The third kappa shape index (κ3) is 3.06. The Morgan fingerprint density at radius 1 is 1.14 bits per heavy atom. The van der Waals surface area contributed by atoms with Gasteiger partial charge in [0.15, 0.2) is 17.5 Å². The normalized spacial score (nSPS) is 14.4. The van der Waals surface area contributed by atoms with E-state index in [0.717, 1.165) is 22.2 Å². The molecule has 0 radical (unpaired) electrons. The van der Waals surface area contributed by atoms with Crippen LogP contribution in [0.1, 0.15) is 5.69 Å². The molecule has 1 saturated heterocycles. The van der Waals surface area contributed by atoms with Crippen LogP contribution in [0.4, 0.5) is 11.6 Å². The summed E-state index contributed by atoms with van der Waals surface area (Å²) in [6, 6.07) is 9.72. The first-order valence-corrected chi connectivity index (χ1v) is 9.63. The Morgan fingerprint density at radius 3 is 2.69 bits per heavy atom. The van der Waals surface area contributed by atoms with Gasteiger partial charge in [-0.15, -0.1) is 0 Å². The zero-order chi connectivity index (χ0) is 20.1. The van der Waals surface area contributed by atoms with Gasteiger partial charge < -0.3 is 16.4 Å². The molecule has 0 spiro atoms. The second-order valence-electron chi connectivity index (χ2n) is 7.20. The van der Waals surface area contributed by atoms with E-state index >= 15 is 0 Å². The topological polar surface area (TPSA) is 112 Å². The van der Waals surface area contributed by atoms with Crippen molar-refractivity contribution in [1.82, 2.24) is 24.7 Å². The van der Waals surface area contributed by atoms with Crippen LogP contribution in [0.25, 0.3) is 28.0 Å². The molecule has 8 nitrogen and oxygen atoms in total. The van der Waals surface area contributed by atoms with Crippen LogP contribution >= 0.6 is 11.6 Å². The van der Waals surface area contributed by atoms with E-state index in [1.165, 1.54) is 0 Å². The summed E-state index contributed by atoms with van der Waals surface area (Å²) >= 11 is 6.52. The van der Waals surface area contributed by atoms with E-state index in [0.29, 0.717) is 41.3 Å². The van der Waals surface area contributed by atoms with Gasteiger partial charge in [0.25, 0.3) is 0 Å². The molecule has 4 heterocycles. The van der Waals surface area contributed by atoms with Crippen LogP contribution < -0.4 is 16.4 Å². The van der Waals surface area contributed by atoms with E-state index in [1.54, 1.807) is 10.9 Å². The molecular formula is C20H19ClN8. The van der Waals surface area contributed by atoms with E-state index in [4.69, 9.17) is 28.1 Å². The van der Waals surface area contributed by atoms with Gasteiger partial charge in [-0.25, -0.2) is 14.6 Å². The van der Waals surface area contributed by atoms with Crippen LogP contribution in [-0.4, -0.2) is 43.9 Å². The van der Waals surface area contributed by atoms with Gasteiger partial charge in [-0.3, -0.25) is 4.98 Å².